The van der Waals surface area contributed by atoms with Gasteiger partial charge in [-0.1, -0.05) is 30.3 Å². The third-order valence-electron chi connectivity index (χ3n) is 4.61. The van der Waals surface area contributed by atoms with Gasteiger partial charge in [-0.3, -0.25) is 4.79 Å². The molecule has 3 atom stereocenters. The zero-order chi connectivity index (χ0) is 16.2. The van der Waals surface area contributed by atoms with Crippen LogP contribution in [0.4, 0.5) is 4.79 Å². The first-order valence-corrected chi connectivity index (χ1v) is 7.95. The number of hydrogen-bond acceptors (Lipinski definition) is 4. The van der Waals surface area contributed by atoms with Crippen LogP contribution in [0.2, 0.25) is 0 Å². The Bertz CT molecular complexity index is 561. The maximum atomic E-state index is 12.1. The van der Waals surface area contributed by atoms with Gasteiger partial charge in [-0.05, 0) is 18.4 Å². The summed E-state index contributed by atoms with van der Waals surface area (Å²) in [6.07, 6.45) is 0.671. The van der Waals surface area contributed by atoms with Crippen LogP contribution in [0, 0.1) is 11.8 Å². The Kier molecular flexibility index (Phi) is 4.81. The van der Waals surface area contributed by atoms with Crippen LogP contribution in [0.1, 0.15) is 18.4 Å². The molecule has 0 spiro atoms. The molecule has 1 N–H and O–H groups in total. The highest BCUT2D eigenvalue weighted by Gasteiger charge is 2.42. The standard InChI is InChI=1S/C17H21NO5/c19-16(20)14-7-9-22-15(14)13-6-8-18(10-13)17(21)23-11-12-4-2-1-3-5-12/h1-5,13-15H,6-11H2,(H,19,20)/t13?,14-,15+/m1/s1. The van der Waals surface area contributed by atoms with Gasteiger partial charge in [0.25, 0.3) is 0 Å². The predicted octanol–water partition coefficient (Wildman–Crippen LogP) is 2.13. The Labute approximate surface area is 135 Å². The molecule has 0 radical (unpaired) electrons. The molecule has 1 aromatic rings. The van der Waals surface area contributed by atoms with Crippen molar-refractivity contribution in [2.75, 3.05) is 19.7 Å². The van der Waals surface area contributed by atoms with Gasteiger partial charge < -0.3 is 19.5 Å². The minimum Gasteiger partial charge on any atom is -0.481 e. The van der Waals surface area contributed by atoms with Gasteiger partial charge in [-0.2, -0.15) is 0 Å². The molecule has 2 aliphatic heterocycles. The SMILES string of the molecule is O=C(O)[C@@H]1CCO[C@H]1C1CCN(C(=O)OCc2ccccc2)C1. The van der Waals surface area contributed by atoms with Crippen LogP contribution < -0.4 is 0 Å². The molecule has 2 aliphatic rings. The molecule has 124 valence electrons. The minimum atomic E-state index is -0.808. The molecule has 23 heavy (non-hydrogen) atoms. The summed E-state index contributed by atoms with van der Waals surface area (Å²) < 4.78 is 10.9. The Morgan fingerprint density at radius 2 is 2.04 bits per heavy atom. The number of carbonyl (C=O) groups is 2. The number of carboxylic acids is 1. The van der Waals surface area contributed by atoms with Gasteiger partial charge in [-0.25, -0.2) is 4.79 Å². The molecular formula is C17H21NO5. The van der Waals surface area contributed by atoms with Gasteiger partial charge in [0.2, 0.25) is 0 Å². The van der Waals surface area contributed by atoms with E-state index in [4.69, 9.17) is 9.47 Å². The molecule has 1 amide bonds. The summed E-state index contributed by atoms with van der Waals surface area (Å²) in [5.41, 5.74) is 0.946. The summed E-state index contributed by atoms with van der Waals surface area (Å²) in [7, 11) is 0. The van der Waals surface area contributed by atoms with E-state index in [0.717, 1.165) is 12.0 Å². The molecule has 2 fully saturated rings. The zero-order valence-corrected chi connectivity index (χ0v) is 12.9. The fraction of sp³-hybridized carbons (Fsp3) is 0.529. The van der Waals surface area contributed by atoms with Crippen LogP contribution in [0.5, 0.6) is 0 Å². The van der Waals surface area contributed by atoms with Crippen molar-refractivity contribution >= 4 is 12.1 Å². The molecule has 0 aliphatic carbocycles. The monoisotopic (exact) mass is 319 g/mol. The lowest BCUT2D eigenvalue weighted by atomic mass is 9.90. The van der Waals surface area contributed by atoms with Crippen LogP contribution in [0.25, 0.3) is 0 Å². The fourth-order valence-electron chi connectivity index (χ4n) is 3.37. The molecular weight excluding hydrogens is 298 g/mol. The quantitative estimate of drug-likeness (QED) is 0.920. The van der Waals surface area contributed by atoms with E-state index in [1.165, 1.54) is 0 Å². The van der Waals surface area contributed by atoms with Crippen molar-refractivity contribution in [3.63, 3.8) is 0 Å². The largest absolute Gasteiger partial charge is 0.481 e. The molecule has 6 nitrogen and oxygen atoms in total. The lowest BCUT2D eigenvalue weighted by Gasteiger charge is -2.22. The van der Waals surface area contributed by atoms with E-state index >= 15 is 0 Å². The first-order valence-electron chi connectivity index (χ1n) is 7.95. The van der Waals surface area contributed by atoms with E-state index in [2.05, 4.69) is 0 Å². The second-order valence-corrected chi connectivity index (χ2v) is 6.10. The van der Waals surface area contributed by atoms with Crippen molar-refractivity contribution in [1.82, 2.24) is 4.90 Å². The zero-order valence-electron chi connectivity index (χ0n) is 12.9. The van der Waals surface area contributed by atoms with Gasteiger partial charge in [0.05, 0.1) is 12.0 Å². The van der Waals surface area contributed by atoms with Crippen LogP contribution >= 0.6 is 0 Å². The van der Waals surface area contributed by atoms with E-state index in [9.17, 15) is 14.7 Å². The number of ether oxygens (including phenoxy) is 2. The molecule has 1 aromatic carbocycles. The second kappa shape index (κ2) is 7.00. The summed E-state index contributed by atoms with van der Waals surface area (Å²) in [4.78, 5) is 25.0. The third-order valence-corrected chi connectivity index (χ3v) is 4.61. The minimum absolute atomic E-state index is 0.0721. The van der Waals surface area contributed by atoms with E-state index < -0.39 is 11.9 Å². The Morgan fingerprint density at radius 1 is 1.26 bits per heavy atom. The van der Waals surface area contributed by atoms with E-state index in [1.54, 1.807) is 4.90 Å². The predicted molar refractivity (Wildman–Crippen MR) is 81.8 cm³/mol. The van der Waals surface area contributed by atoms with Gasteiger partial charge >= 0.3 is 12.1 Å². The van der Waals surface area contributed by atoms with E-state index in [1.807, 2.05) is 30.3 Å². The van der Waals surface area contributed by atoms with Gasteiger partial charge in [-0.15, -0.1) is 0 Å². The highest BCUT2D eigenvalue weighted by Crippen LogP contribution is 2.32. The second-order valence-electron chi connectivity index (χ2n) is 6.10. The highest BCUT2D eigenvalue weighted by atomic mass is 16.6. The smallest absolute Gasteiger partial charge is 0.410 e. The molecule has 3 rings (SSSR count). The molecule has 0 aromatic heterocycles. The number of likely N-dealkylation sites (tertiary alicyclic amines) is 1. The van der Waals surface area contributed by atoms with Crippen molar-refractivity contribution in [2.45, 2.75) is 25.6 Å². The fourth-order valence-corrected chi connectivity index (χ4v) is 3.37. The van der Waals surface area contributed by atoms with E-state index in [-0.39, 0.29) is 24.7 Å². The average molecular weight is 319 g/mol. The Hall–Kier alpha value is -2.08. The molecule has 2 heterocycles. The highest BCUT2D eigenvalue weighted by molar-refractivity contribution is 5.71. The summed E-state index contributed by atoms with van der Waals surface area (Å²) in [5, 5.41) is 9.24. The van der Waals surface area contributed by atoms with Crippen LogP contribution in [0.3, 0.4) is 0 Å². The topological polar surface area (TPSA) is 76.1 Å². The van der Waals surface area contributed by atoms with Crippen molar-refractivity contribution < 1.29 is 24.2 Å². The van der Waals surface area contributed by atoms with Gasteiger partial charge in [0.15, 0.2) is 0 Å². The maximum absolute atomic E-state index is 12.1. The number of nitrogens with zero attached hydrogens (tertiary/aromatic N) is 1. The van der Waals surface area contributed by atoms with Gasteiger partial charge in [0.1, 0.15) is 6.61 Å². The number of amides is 1. The molecule has 2 saturated heterocycles. The van der Waals surface area contributed by atoms with Crippen LogP contribution in [0.15, 0.2) is 30.3 Å². The van der Waals surface area contributed by atoms with Gasteiger partial charge in [0, 0.05) is 25.6 Å². The summed E-state index contributed by atoms with van der Waals surface area (Å²) in [5.74, 6) is -1.19. The number of benzene rings is 1. The summed E-state index contributed by atoms with van der Waals surface area (Å²) >= 11 is 0. The molecule has 0 bridgehead atoms. The van der Waals surface area contributed by atoms with E-state index in [0.29, 0.717) is 26.1 Å². The number of rotatable bonds is 4. The number of aliphatic carboxylic acids is 1. The molecule has 0 saturated carbocycles. The Morgan fingerprint density at radius 3 is 2.78 bits per heavy atom. The number of carbonyl (C=O) groups excluding carboxylic acids is 1. The third kappa shape index (κ3) is 3.64. The lowest BCUT2D eigenvalue weighted by Crippen LogP contribution is -2.35. The summed E-state index contributed by atoms with van der Waals surface area (Å²) in [6.45, 7) is 1.82. The average Bonchev–Trinajstić information content (AvgIpc) is 3.22. The van der Waals surface area contributed by atoms with Crippen LogP contribution in [-0.4, -0.2) is 47.9 Å². The van der Waals surface area contributed by atoms with Crippen molar-refractivity contribution in [3.05, 3.63) is 35.9 Å². The lowest BCUT2D eigenvalue weighted by molar-refractivity contribution is -0.144. The summed E-state index contributed by atoms with van der Waals surface area (Å²) in [6, 6.07) is 9.53. The van der Waals surface area contributed by atoms with Crippen LogP contribution in [-0.2, 0) is 20.9 Å². The number of hydrogen-bond donors (Lipinski definition) is 1. The molecule has 6 heteroatoms. The Balaban J connectivity index is 1.51. The molecule has 1 unspecified atom stereocenters. The maximum Gasteiger partial charge on any atom is 0.410 e. The normalized spacial score (nSPS) is 27.1. The van der Waals surface area contributed by atoms with Crippen molar-refractivity contribution in [1.29, 1.82) is 0 Å². The number of carboxylic acid groups (broad SMARTS) is 1. The first-order chi connectivity index (χ1) is 11.1. The van der Waals surface area contributed by atoms with Crippen molar-refractivity contribution in [2.24, 2.45) is 11.8 Å². The van der Waals surface area contributed by atoms with Crippen molar-refractivity contribution in [3.8, 4) is 0 Å². The first kappa shape index (κ1) is 15.8.